The van der Waals surface area contributed by atoms with E-state index in [9.17, 15) is 4.79 Å². The quantitative estimate of drug-likeness (QED) is 0.681. The molecule has 23 heavy (non-hydrogen) atoms. The van der Waals surface area contributed by atoms with Crippen molar-refractivity contribution in [2.24, 2.45) is 0 Å². The molecule has 1 unspecified atom stereocenters. The number of thioether (sulfide) groups is 1. The Hall–Kier alpha value is -2.26. The van der Waals surface area contributed by atoms with Gasteiger partial charge in [-0.05, 0) is 41.6 Å². The second kappa shape index (κ2) is 6.88. The second-order valence-corrected chi connectivity index (χ2v) is 6.31. The van der Waals surface area contributed by atoms with Gasteiger partial charge in [-0.3, -0.25) is 4.79 Å². The van der Waals surface area contributed by atoms with Crippen LogP contribution in [0.15, 0.2) is 71.6 Å². The number of carbonyl (C=O) groups is 1. The maximum Gasteiger partial charge on any atom is 0.252 e. The van der Waals surface area contributed by atoms with Gasteiger partial charge in [-0.1, -0.05) is 54.6 Å². The summed E-state index contributed by atoms with van der Waals surface area (Å²) >= 11 is 1.59. The van der Waals surface area contributed by atoms with Crippen LogP contribution >= 0.6 is 11.8 Å². The third-order valence-electron chi connectivity index (χ3n) is 3.99. The van der Waals surface area contributed by atoms with Crippen LogP contribution in [0.1, 0.15) is 28.9 Å². The summed E-state index contributed by atoms with van der Waals surface area (Å²) in [5.41, 5.74) is 1.87. The lowest BCUT2D eigenvalue weighted by Crippen LogP contribution is -2.27. The standard InChI is InChI=1S/C20H19NOS/c1-14(16-12-7-9-15-8-3-4-10-17(15)16)21-20(22)18-11-5-6-13-19(18)23-2/h3-14H,1-2H3,(H,21,22). The highest BCUT2D eigenvalue weighted by molar-refractivity contribution is 7.98. The maximum absolute atomic E-state index is 12.6. The third-order valence-corrected chi connectivity index (χ3v) is 4.78. The predicted molar refractivity (Wildman–Crippen MR) is 98.1 cm³/mol. The molecule has 2 nitrogen and oxygen atoms in total. The Labute approximate surface area is 140 Å². The molecule has 3 heteroatoms. The minimum Gasteiger partial charge on any atom is -0.345 e. The zero-order valence-electron chi connectivity index (χ0n) is 13.2. The molecular weight excluding hydrogens is 302 g/mol. The van der Waals surface area contributed by atoms with Gasteiger partial charge in [-0.25, -0.2) is 0 Å². The SMILES string of the molecule is CSc1ccccc1C(=O)NC(C)c1cccc2ccccc12. The fourth-order valence-electron chi connectivity index (χ4n) is 2.81. The highest BCUT2D eigenvalue weighted by Gasteiger charge is 2.15. The molecule has 3 aromatic carbocycles. The first-order valence-corrected chi connectivity index (χ1v) is 8.84. The highest BCUT2D eigenvalue weighted by atomic mass is 32.2. The summed E-state index contributed by atoms with van der Waals surface area (Å²) in [7, 11) is 0. The first-order chi connectivity index (χ1) is 11.2. The van der Waals surface area contributed by atoms with Crippen molar-refractivity contribution >= 4 is 28.4 Å². The molecule has 1 N–H and O–H groups in total. The van der Waals surface area contributed by atoms with E-state index in [-0.39, 0.29) is 11.9 Å². The number of hydrogen-bond donors (Lipinski definition) is 1. The monoisotopic (exact) mass is 321 g/mol. The lowest BCUT2D eigenvalue weighted by atomic mass is 9.99. The van der Waals surface area contributed by atoms with Gasteiger partial charge in [0.05, 0.1) is 11.6 Å². The van der Waals surface area contributed by atoms with E-state index in [1.165, 1.54) is 10.8 Å². The molecule has 0 saturated heterocycles. The van der Waals surface area contributed by atoms with Crippen molar-refractivity contribution in [3.63, 3.8) is 0 Å². The van der Waals surface area contributed by atoms with Crippen molar-refractivity contribution in [2.45, 2.75) is 17.9 Å². The summed E-state index contributed by atoms with van der Waals surface area (Å²) in [6.07, 6.45) is 1.99. The highest BCUT2D eigenvalue weighted by Crippen LogP contribution is 2.25. The van der Waals surface area contributed by atoms with Crippen molar-refractivity contribution in [2.75, 3.05) is 6.26 Å². The average Bonchev–Trinajstić information content (AvgIpc) is 2.61. The van der Waals surface area contributed by atoms with Gasteiger partial charge in [0.2, 0.25) is 0 Å². The number of carbonyl (C=O) groups excluding carboxylic acids is 1. The molecule has 3 rings (SSSR count). The van der Waals surface area contributed by atoms with E-state index in [1.54, 1.807) is 11.8 Å². The molecule has 1 amide bonds. The fourth-order valence-corrected chi connectivity index (χ4v) is 3.41. The molecule has 116 valence electrons. The van der Waals surface area contributed by atoms with Crippen molar-refractivity contribution in [1.29, 1.82) is 0 Å². The Kier molecular flexibility index (Phi) is 4.68. The van der Waals surface area contributed by atoms with Crippen LogP contribution in [0.5, 0.6) is 0 Å². The van der Waals surface area contributed by atoms with Gasteiger partial charge in [-0.2, -0.15) is 0 Å². The summed E-state index contributed by atoms with van der Waals surface area (Å²) in [5.74, 6) is -0.0321. The molecule has 1 atom stereocenters. The fraction of sp³-hybridized carbons (Fsp3) is 0.150. The largest absolute Gasteiger partial charge is 0.345 e. The summed E-state index contributed by atoms with van der Waals surface area (Å²) < 4.78 is 0. The number of hydrogen-bond acceptors (Lipinski definition) is 2. The van der Waals surface area contributed by atoms with E-state index < -0.39 is 0 Å². The number of amides is 1. The van der Waals surface area contributed by atoms with Crippen molar-refractivity contribution in [3.05, 3.63) is 77.9 Å². The minimum absolute atomic E-state index is 0.0321. The van der Waals surface area contributed by atoms with Crippen LogP contribution in [0.2, 0.25) is 0 Å². The number of nitrogens with one attached hydrogen (secondary N) is 1. The predicted octanol–water partition coefficient (Wildman–Crippen LogP) is 5.05. The summed E-state index contributed by atoms with van der Waals surface area (Å²) in [4.78, 5) is 13.6. The molecule has 0 aliphatic heterocycles. The topological polar surface area (TPSA) is 29.1 Å². The zero-order chi connectivity index (χ0) is 16.2. The molecule has 0 fully saturated rings. The first kappa shape index (κ1) is 15.6. The molecule has 0 heterocycles. The van der Waals surface area contributed by atoms with E-state index in [2.05, 4.69) is 29.6 Å². The van der Waals surface area contributed by atoms with E-state index in [0.717, 1.165) is 16.0 Å². The maximum atomic E-state index is 12.6. The summed E-state index contributed by atoms with van der Waals surface area (Å²) in [6.45, 7) is 2.03. The number of fused-ring (bicyclic) bond motifs is 1. The number of benzene rings is 3. The Morgan fingerprint density at radius 1 is 0.957 bits per heavy atom. The van der Waals surface area contributed by atoms with Gasteiger partial charge in [-0.15, -0.1) is 11.8 Å². The molecule has 0 aromatic heterocycles. The Morgan fingerprint density at radius 2 is 1.65 bits per heavy atom. The van der Waals surface area contributed by atoms with Gasteiger partial charge >= 0.3 is 0 Å². The molecule has 0 radical (unpaired) electrons. The third kappa shape index (κ3) is 3.25. The molecule has 0 bridgehead atoms. The second-order valence-electron chi connectivity index (χ2n) is 5.46. The summed E-state index contributed by atoms with van der Waals surface area (Å²) in [5, 5.41) is 5.50. The van der Waals surface area contributed by atoms with Crippen LogP contribution < -0.4 is 5.32 Å². The Balaban J connectivity index is 1.89. The van der Waals surface area contributed by atoms with Crippen LogP contribution in [-0.2, 0) is 0 Å². The van der Waals surface area contributed by atoms with Gasteiger partial charge < -0.3 is 5.32 Å². The van der Waals surface area contributed by atoms with Crippen LogP contribution in [0.25, 0.3) is 10.8 Å². The molecule has 0 aliphatic rings. The minimum atomic E-state index is -0.0523. The lowest BCUT2D eigenvalue weighted by molar-refractivity contribution is 0.0937. The summed E-state index contributed by atoms with van der Waals surface area (Å²) in [6, 6.07) is 22.1. The molecule has 0 aliphatic carbocycles. The van der Waals surface area contributed by atoms with Gasteiger partial charge in [0, 0.05) is 4.90 Å². The Morgan fingerprint density at radius 3 is 2.48 bits per heavy atom. The van der Waals surface area contributed by atoms with Crippen molar-refractivity contribution in [3.8, 4) is 0 Å². The zero-order valence-corrected chi connectivity index (χ0v) is 14.1. The van der Waals surface area contributed by atoms with Crippen LogP contribution in [0.4, 0.5) is 0 Å². The van der Waals surface area contributed by atoms with Crippen LogP contribution in [-0.4, -0.2) is 12.2 Å². The molecule has 0 saturated carbocycles. The molecular formula is C20H19NOS. The van der Waals surface area contributed by atoms with E-state index in [1.807, 2.05) is 55.6 Å². The molecule has 0 spiro atoms. The van der Waals surface area contributed by atoms with Crippen LogP contribution in [0.3, 0.4) is 0 Å². The van der Waals surface area contributed by atoms with E-state index >= 15 is 0 Å². The van der Waals surface area contributed by atoms with Crippen molar-refractivity contribution < 1.29 is 4.79 Å². The lowest BCUT2D eigenvalue weighted by Gasteiger charge is -2.17. The van der Waals surface area contributed by atoms with Gasteiger partial charge in [0.1, 0.15) is 0 Å². The van der Waals surface area contributed by atoms with Gasteiger partial charge in [0.15, 0.2) is 0 Å². The smallest absolute Gasteiger partial charge is 0.252 e. The average molecular weight is 321 g/mol. The molecule has 3 aromatic rings. The van der Waals surface area contributed by atoms with Crippen LogP contribution in [0, 0.1) is 0 Å². The van der Waals surface area contributed by atoms with Crippen molar-refractivity contribution in [1.82, 2.24) is 5.32 Å². The number of rotatable bonds is 4. The normalized spacial score (nSPS) is 12.1. The Bertz CT molecular complexity index is 838. The van der Waals surface area contributed by atoms with E-state index in [0.29, 0.717) is 0 Å². The van der Waals surface area contributed by atoms with E-state index in [4.69, 9.17) is 0 Å². The first-order valence-electron chi connectivity index (χ1n) is 7.62. The van der Waals surface area contributed by atoms with Gasteiger partial charge in [0.25, 0.3) is 5.91 Å².